The molecule has 0 N–H and O–H groups in total. The molecular formula is C26H18Cl2N2O4S2. The lowest BCUT2D eigenvalue weighted by atomic mass is 10.0. The highest BCUT2D eigenvalue weighted by Gasteiger charge is 2.34. The first-order valence-electron chi connectivity index (χ1n) is 10.8. The first kappa shape index (κ1) is 24.5. The Balaban J connectivity index is 1.60. The maximum Gasteiger partial charge on any atom is 0.338 e. The summed E-state index contributed by atoms with van der Waals surface area (Å²) in [6, 6.07) is 11.8. The molecule has 0 radical (unpaired) electrons. The Morgan fingerprint density at radius 3 is 2.83 bits per heavy atom. The van der Waals surface area contributed by atoms with Crippen molar-refractivity contribution in [2.75, 3.05) is 6.61 Å². The second-order valence-electron chi connectivity index (χ2n) is 7.81. The first-order chi connectivity index (χ1) is 17.4. The van der Waals surface area contributed by atoms with Crippen LogP contribution in [0.5, 0.6) is 0 Å². The fourth-order valence-electron chi connectivity index (χ4n) is 3.90. The van der Waals surface area contributed by atoms with E-state index in [2.05, 4.69) is 11.6 Å². The van der Waals surface area contributed by atoms with E-state index in [0.29, 0.717) is 47.7 Å². The normalized spacial score (nSPS) is 15.5. The van der Waals surface area contributed by atoms with Crippen LogP contribution in [-0.2, 0) is 9.53 Å². The molecule has 36 heavy (non-hydrogen) atoms. The van der Waals surface area contributed by atoms with E-state index in [1.165, 1.54) is 28.7 Å². The first-order valence-corrected chi connectivity index (χ1v) is 13.2. The second-order valence-corrected chi connectivity index (χ2v) is 10.6. The number of aromatic nitrogens is 1. The molecule has 3 aromatic heterocycles. The van der Waals surface area contributed by atoms with Gasteiger partial charge in [0.1, 0.15) is 24.2 Å². The number of hydrogen-bond acceptors (Lipinski definition) is 7. The van der Waals surface area contributed by atoms with Gasteiger partial charge in [0.2, 0.25) is 0 Å². The minimum Gasteiger partial charge on any atom is -0.458 e. The minimum absolute atomic E-state index is 0.0651. The summed E-state index contributed by atoms with van der Waals surface area (Å²) in [6.07, 6.45) is 3.16. The molecule has 0 amide bonds. The van der Waals surface area contributed by atoms with Crippen molar-refractivity contribution in [1.29, 1.82) is 0 Å². The SMILES string of the molecule is C=CCOC(=O)C1=C(C)N=c2sc(=Cc3ccc(-c4ccc(Cl)cc4Cl)o3)c(=O)n2C1c1cccs1. The van der Waals surface area contributed by atoms with Gasteiger partial charge in [0, 0.05) is 21.5 Å². The summed E-state index contributed by atoms with van der Waals surface area (Å²) in [7, 11) is 0. The smallest absolute Gasteiger partial charge is 0.338 e. The molecule has 0 fully saturated rings. The van der Waals surface area contributed by atoms with E-state index < -0.39 is 12.0 Å². The molecule has 1 aromatic carbocycles. The Morgan fingerprint density at radius 2 is 2.11 bits per heavy atom. The number of thiophene rings is 1. The number of thiazole rings is 1. The third-order valence-corrected chi connectivity index (χ3v) is 7.94. The van der Waals surface area contributed by atoms with E-state index >= 15 is 0 Å². The molecule has 6 nitrogen and oxygen atoms in total. The summed E-state index contributed by atoms with van der Waals surface area (Å²) in [4.78, 5) is 32.4. The molecule has 10 heteroatoms. The number of fused-ring (bicyclic) bond motifs is 1. The molecule has 182 valence electrons. The van der Waals surface area contributed by atoms with Crippen LogP contribution in [-0.4, -0.2) is 17.1 Å². The van der Waals surface area contributed by atoms with Crippen molar-refractivity contribution in [2.24, 2.45) is 4.99 Å². The van der Waals surface area contributed by atoms with Crippen molar-refractivity contribution in [2.45, 2.75) is 13.0 Å². The number of esters is 1. The second kappa shape index (κ2) is 10.1. The van der Waals surface area contributed by atoms with E-state index in [4.69, 9.17) is 32.4 Å². The van der Waals surface area contributed by atoms with Crippen LogP contribution in [0.25, 0.3) is 17.4 Å². The van der Waals surface area contributed by atoms with Crippen molar-refractivity contribution in [3.8, 4) is 11.3 Å². The van der Waals surface area contributed by atoms with Crippen LogP contribution >= 0.6 is 45.9 Å². The van der Waals surface area contributed by atoms with Crippen LogP contribution in [0.2, 0.25) is 10.0 Å². The summed E-state index contributed by atoms with van der Waals surface area (Å²) in [5.74, 6) is 0.505. The Bertz CT molecular complexity index is 1690. The van der Waals surface area contributed by atoms with Crippen molar-refractivity contribution in [3.05, 3.63) is 112 Å². The Kier molecular flexibility index (Phi) is 6.85. The molecule has 0 saturated heterocycles. The molecule has 0 spiro atoms. The van der Waals surface area contributed by atoms with Crippen molar-refractivity contribution in [1.82, 2.24) is 4.57 Å². The number of hydrogen-bond donors (Lipinski definition) is 0. The van der Waals surface area contributed by atoms with Crippen LogP contribution in [0, 0.1) is 0 Å². The summed E-state index contributed by atoms with van der Waals surface area (Å²) < 4.78 is 13.2. The molecule has 1 aliphatic heterocycles. The standard InChI is InChI=1S/C26H18Cl2N2O4S2/c1-3-10-33-25(32)22-14(2)29-26-30(23(22)20-5-4-11-35-20)24(31)21(36-26)13-16-7-9-19(34-16)17-8-6-15(27)12-18(17)28/h3-9,11-13,23H,1,10H2,2H3. The number of allylic oxidation sites excluding steroid dienone is 1. The molecule has 0 saturated carbocycles. The number of nitrogens with zero attached hydrogens (tertiary/aromatic N) is 2. The van der Waals surface area contributed by atoms with E-state index in [-0.39, 0.29) is 12.2 Å². The molecule has 4 aromatic rings. The van der Waals surface area contributed by atoms with Gasteiger partial charge < -0.3 is 9.15 Å². The maximum absolute atomic E-state index is 13.6. The van der Waals surface area contributed by atoms with Gasteiger partial charge in [-0.15, -0.1) is 11.3 Å². The van der Waals surface area contributed by atoms with E-state index in [1.807, 2.05) is 17.5 Å². The summed E-state index contributed by atoms with van der Waals surface area (Å²) >= 11 is 15.0. The molecular weight excluding hydrogens is 539 g/mol. The highest BCUT2D eigenvalue weighted by Crippen LogP contribution is 2.34. The topological polar surface area (TPSA) is 73.8 Å². The Hall–Kier alpha value is -3.17. The van der Waals surface area contributed by atoms with Crippen molar-refractivity contribution >= 4 is 57.9 Å². The van der Waals surface area contributed by atoms with Gasteiger partial charge >= 0.3 is 5.97 Å². The molecule has 1 unspecified atom stereocenters. The fraction of sp³-hybridized carbons (Fsp3) is 0.115. The largest absolute Gasteiger partial charge is 0.458 e. The molecule has 1 aliphatic rings. The minimum atomic E-state index is -0.638. The fourth-order valence-corrected chi connectivity index (χ4v) is 6.26. The van der Waals surface area contributed by atoms with Gasteiger partial charge in [-0.2, -0.15) is 0 Å². The highest BCUT2D eigenvalue weighted by molar-refractivity contribution is 7.10. The predicted molar refractivity (Wildman–Crippen MR) is 143 cm³/mol. The lowest BCUT2D eigenvalue weighted by Crippen LogP contribution is -2.39. The van der Waals surface area contributed by atoms with Crippen LogP contribution in [0.3, 0.4) is 0 Å². The van der Waals surface area contributed by atoms with Gasteiger partial charge in [-0.1, -0.05) is 53.3 Å². The third-order valence-electron chi connectivity index (χ3n) is 5.48. The molecule has 5 rings (SSSR count). The maximum atomic E-state index is 13.6. The molecule has 1 atom stereocenters. The highest BCUT2D eigenvalue weighted by atomic mass is 35.5. The monoisotopic (exact) mass is 556 g/mol. The van der Waals surface area contributed by atoms with E-state index in [1.54, 1.807) is 47.9 Å². The van der Waals surface area contributed by atoms with Gasteiger partial charge in [-0.3, -0.25) is 9.36 Å². The molecule has 0 aliphatic carbocycles. The van der Waals surface area contributed by atoms with Crippen LogP contribution < -0.4 is 14.9 Å². The lowest BCUT2D eigenvalue weighted by Gasteiger charge is -2.23. The van der Waals surface area contributed by atoms with Gasteiger partial charge in [-0.05, 0) is 48.7 Å². The van der Waals surface area contributed by atoms with Crippen LogP contribution in [0.1, 0.15) is 23.6 Å². The lowest BCUT2D eigenvalue weighted by molar-refractivity contribution is -0.138. The average molecular weight is 557 g/mol. The zero-order chi connectivity index (χ0) is 25.4. The number of carbonyl (C=O) groups is 1. The number of benzene rings is 1. The van der Waals surface area contributed by atoms with Gasteiger partial charge in [-0.25, -0.2) is 9.79 Å². The average Bonchev–Trinajstić information content (AvgIpc) is 3.59. The Morgan fingerprint density at radius 1 is 1.28 bits per heavy atom. The number of rotatable bonds is 6. The third kappa shape index (κ3) is 4.53. The van der Waals surface area contributed by atoms with E-state index in [0.717, 1.165) is 4.88 Å². The molecule has 4 heterocycles. The number of ether oxygens (including phenoxy) is 1. The molecule has 0 bridgehead atoms. The Labute approximate surface area is 223 Å². The quantitative estimate of drug-likeness (QED) is 0.229. The van der Waals surface area contributed by atoms with Crippen LogP contribution in [0.15, 0.2) is 86.0 Å². The van der Waals surface area contributed by atoms with E-state index in [9.17, 15) is 9.59 Å². The van der Waals surface area contributed by atoms with Gasteiger partial charge in [0.15, 0.2) is 4.80 Å². The number of halogens is 2. The van der Waals surface area contributed by atoms with Crippen molar-refractivity contribution in [3.63, 3.8) is 0 Å². The number of carbonyl (C=O) groups excluding carboxylic acids is 1. The summed E-state index contributed by atoms with van der Waals surface area (Å²) in [5, 5.41) is 2.89. The van der Waals surface area contributed by atoms with Gasteiger partial charge in [0.05, 0.1) is 20.8 Å². The van der Waals surface area contributed by atoms with Crippen molar-refractivity contribution < 1.29 is 13.9 Å². The zero-order valence-electron chi connectivity index (χ0n) is 18.9. The zero-order valence-corrected chi connectivity index (χ0v) is 22.0. The van der Waals surface area contributed by atoms with Crippen LogP contribution in [0.4, 0.5) is 0 Å². The number of furan rings is 1. The predicted octanol–water partition coefficient (Wildman–Crippen LogP) is 5.59. The summed E-state index contributed by atoms with van der Waals surface area (Å²) in [6.45, 7) is 5.41. The van der Waals surface area contributed by atoms with Gasteiger partial charge in [0.25, 0.3) is 5.56 Å². The summed E-state index contributed by atoms with van der Waals surface area (Å²) in [5.41, 5.74) is 1.25.